The first kappa shape index (κ1) is 22.6. The van der Waals surface area contributed by atoms with Gasteiger partial charge in [-0.15, -0.1) is 10.2 Å². The molecule has 31 heavy (non-hydrogen) atoms. The van der Waals surface area contributed by atoms with Gasteiger partial charge in [0.2, 0.25) is 5.91 Å². The number of rotatable bonds is 10. The van der Waals surface area contributed by atoms with Gasteiger partial charge in [-0.3, -0.25) is 4.79 Å². The molecule has 1 amide bonds. The van der Waals surface area contributed by atoms with Gasteiger partial charge >= 0.3 is 0 Å². The number of nitrogens with one attached hydrogen (secondary N) is 1. The van der Waals surface area contributed by atoms with Crippen molar-refractivity contribution in [2.75, 3.05) is 24.8 Å². The van der Waals surface area contributed by atoms with Crippen LogP contribution in [-0.2, 0) is 22.6 Å². The number of carbonyl (C=O) groups excluding carboxylic acids is 1. The van der Waals surface area contributed by atoms with Crippen LogP contribution in [0, 0.1) is 25.2 Å². The zero-order valence-corrected chi connectivity index (χ0v) is 18.8. The fourth-order valence-electron chi connectivity index (χ4n) is 3.28. The lowest BCUT2D eigenvalue weighted by atomic mass is 10.2. The SMILES string of the molecule is COCCCn1cnnc1SCC(=O)Nc1c(C#N)c(C)c(C)n1Cc1ccccc1. The third-order valence-corrected chi connectivity index (χ3v) is 6.02. The molecule has 0 saturated carbocycles. The quantitative estimate of drug-likeness (QED) is 0.385. The molecule has 0 unspecified atom stereocenters. The van der Waals surface area contributed by atoms with E-state index in [1.807, 2.05) is 53.3 Å². The summed E-state index contributed by atoms with van der Waals surface area (Å²) in [5.74, 6) is 0.510. The van der Waals surface area contributed by atoms with Crippen molar-refractivity contribution in [3.8, 4) is 6.07 Å². The summed E-state index contributed by atoms with van der Waals surface area (Å²) in [5, 5.41) is 21.3. The summed E-state index contributed by atoms with van der Waals surface area (Å²) in [5.41, 5.74) is 3.43. The lowest BCUT2D eigenvalue weighted by Crippen LogP contribution is -2.19. The van der Waals surface area contributed by atoms with E-state index in [9.17, 15) is 10.1 Å². The van der Waals surface area contributed by atoms with Crippen LogP contribution in [0.1, 0.15) is 28.8 Å². The summed E-state index contributed by atoms with van der Waals surface area (Å²) in [6.45, 7) is 5.82. The van der Waals surface area contributed by atoms with Crippen LogP contribution in [0.3, 0.4) is 0 Å². The smallest absolute Gasteiger partial charge is 0.235 e. The second kappa shape index (κ2) is 10.8. The Balaban J connectivity index is 1.72. The maximum absolute atomic E-state index is 12.7. The average Bonchev–Trinajstić information content (AvgIpc) is 3.31. The highest BCUT2D eigenvalue weighted by Gasteiger charge is 2.20. The lowest BCUT2D eigenvalue weighted by molar-refractivity contribution is -0.113. The summed E-state index contributed by atoms with van der Waals surface area (Å²) >= 11 is 1.32. The minimum absolute atomic E-state index is 0.169. The third-order valence-electron chi connectivity index (χ3n) is 5.04. The number of thioether (sulfide) groups is 1. The molecule has 0 aliphatic rings. The summed E-state index contributed by atoms with van der Waals surface area (Å²) in [7, 11) is 1.67. The third kappa shape index (κ3) is 5.54. The standard InChI is InChI=1S/C22H26N6O2S/c1-16-17(2)28(13-18-8-5-4-6-9-18)21(19(16)12-23)25-20(29)14-31-22-26-24-15-27(22)10-7-11-30-3/h4-6,8-9,15H,7,10-11,13-14H2,1-3H3,(H,25,29). The summed E-state index contributed by atoms with van der Waals surface area (Å²) in [6.07, 6.45) is 2.49. The van der Waals surface area contributed by atoms with Crippen molar-refractivity contribution in [1.82, 2.24) is 19.3 Å². The number of amides is 1. The first-order valence-corrected chi connectivity index (χ1v) is 11.0. The molecule has 2 aromatic heterocycles. The molecule has 2 heterocycles. The number of carbonyl (C=O) groups is 1. The van der Waals surface area contributed by atoms with Gasteiger partial charge in [-0.05, 0) is 31.4 Å². The van der Waals surface area contributed by atoms with Crippen molar-refractivity contribution in [2.24, 2.45) is 0 Å². The van der Waals surface area contributed by atoms with Crippen LogP contribution in [0.2, 0.25) is 0 Å². The second-order valence-electron chi connectivity index (χ2n) is 7.11. The Morgan fingerprint density at radius 2 is 2.06 bits per heavy atom. The van der Waals surface area contributed by atoms with Gasteiger partial charge in [0.1, 0.15) is 18.2 Å². The molecule has 3 aromatic rings. The fourth-order valence-corrected chi connectivity index (χ4v) is 4.02. The van der Waals surface area contributed by atoms with E-state index in [1.165, 1.54) is 11.8 Å². The van der Waals surface area contributed by atoms with Gasteiger partial charge in [-0.2, -0.15) is 5.26 Å². The number of aryl methyl sites for hydroxylation is 1. The molecule has 1 aromatic carbocycles. The minimum atomic E-state index is -0.195. The molecule has 0 radical (unpaired) electrons. The molecular formula is C22H26N6O2S. The van der Waals surface area contributed by atoms with Gasteiger partial charge in [0.05, 0.1) is 11.3 Å². The van der Waals surface area contributed by atoms with Gasteiger partial charge < -0.3 is 19.2 Å². The lowest BCUT2D eigenvalue weighted by Gasteiger charge is -2.13. The molecule has 8 nitrogen and oxygen atoms in total. The first-order chi connectivity index (χ1) is 15.0. The van der Waals surface area contributed by atoms with Gasteiger partial charge in [0.15, 0.2) is 5.16 Å². The maximum atomic E-state index is 12.7. The number of hydrogen-bond donors (Lipinski definition) is 1. The van der Waals surface area contributed by atoms with Crippen LogP contribution >= 0.6 is 11.8 Å². The Kier molecular flexibility index (Phi) is 7.87. The molecule has 0 bridgehead atoms. The molecule has 162 valence electrons. The second-order valence-corrected chi connectivity index (χ2v) is 8.05. The van der Waals surface area contributed by atoms with E-state index in [0.717, 1.165) is 29.8 Å². The van der Waals surface area contributed by atoms with Crippen LogP contribution < -0.4 is 5.32 Å². The van der Waals surface area contributed by atoms with E-state index < -0.39 is 0 Å². The van der Waals surface area contributed by atoms with Crippen LogP contribution in [0.25, 0.3) is 0 Å². The zero-order valence-electron chi connectivity index (χ0n) is 18.0. The Hall–Kier alpha value is -3.09. The molecule has 0 saturated heterocycles. The number of nitrogens with zero attached hydrogens (tertiary/aromatic N) is 5. The van der Waals surface area contributed by atoms with Crippen LogP contribution in [-0.4, -0.2) is 44.7 Å². The highest BCUT2D eigenvalue weighted by Crippen LogP contribution is 2.28. The molecule has 0 atom stereocenters. The molecule has 0 aliphatic heterocycles. The number of aromatic nitrogens is 4. The Morgan fingerprint density at radius 3 is 2.77 bits per heavy atom. The monoisotopic (exact) mass is 438 g/mol. The van der Waals surface area contributed by atoms with Crippen LogP contribution in [0.15, 0.2) is 41.8 Å². The van der Waals surface area contributed by atoms with Crippen molar-refractivity contribution in [1.29, 1.82) is 5.26 Å². The van der Waals surface area contributed by atoms with Gasteiger partial charge in [0.25, 0.3) is 0 Å². The number of hydrogen-bond acceptors (Lipinski definition) is 6. The average molecular weight is 439 g/mol. The van der Waals surface area contributed by atoms with E-state index in [1.54, 1.807) is 13.4 Å². The van der Waals surface area contributed by atoms with Crippen molar-refractivity contribution in [2.45, 2.75) is 38.5 Å². The predicted octanol–water partition coefficient (Wildman–Crippen LogP) is 3.38. The predicted molar refractivity (Wildman–Crippen MR) is 120 cm³/mol. The van der Waals surface area contributed by atoms with E-state index in [-0.39, 0.29) is 11.7 Å². The Morgan fingerprint density at radius 1 is 1.29 bits per heavy atom. The largest absolute Gasteiger partial charge is 0.385 e. The maximum Gasteiger partial charge on any atom is 0.235 e. The number of anilines is 1. The van der Waals surface area contributed by atoms with E-state index in [2.05, 4.69) is 21.6 Å². The van der Waals surface area contributed by atoms with E-state index in [4.69, 9.17) is 4.74 Å². The van der Waals surface area contributed by atoms with Crippen molar-refractivity contribution >= 4 is 23.5 Å². The number of benzene rings is 1. The number of methoxy groups -OCH3 is 1. The molecular weight excluding hydrogens is 412 g/mol. The summed E-state index contributed by atoms with van der Waals surface area (Å²) in [6, 6.07) is 12.2. The molecule has 0 aliphatic carbocycles. The van der Waals surface area contributed by atoms with Crippen molar-refractivity contribution < 1.29 is 9.53 Å². The van der Waals surface area contributed by atoms with Gasteiger partial charge in [-0.1, -0.05) is 42.1 Å². The van der Waals surface area contributed by atoms with Gasteiger partial charge in [-0.25, -0.2) is 0 Å². The van der Waals surface area contributed by atoms with Crippen molar-refractivity contribution in [3.05, 3.63) is 59.0 Å². The van der Waals surface area contributed by atoms with E-state index >= 15 is 0 Å². The van der Waals surface area contributed by atoms with Crippen LogP contribution in [0.4, 0.5) is 5.82 Å². The normalized spacial score (nSPS) is 10.8. The summed E-state index contributed by atoms with van der Waals surface area (Å²) in [4.78, 5) is 12.7. The highest BCUT2D eigenvalue weighted by atomic mass is 32.2. The first-order valence-electron chi connectivity index (χ1n) is 9.98. The Labute approximate surface area is 186 Å². The molecule has 1 N–H and O–H groups in total. The zero-order chi connectivity index (χ0) is 22.2. The van der Waals surface area contributed by atoms with Gasteiger partial charge in [0, 0.05) is 32.5 Å². The number of nitriles is 1. The fraction of sp³-hybridized carbons (Fsp3) is 0.364. The topological polar surface area (TPSA) is 97.8 Å². The minimum Gasteiger partial charge on any atom is -0.385 e. The molecule has 0 fully saturated rings. The van der Waals surface area contributed by atoms with Crippen molar-refractivity contribution in [3.63, 3.8) is 0 Å². The van der Waals surface area contributed by atoms with E-state index in [0.29, 0.717) is 29.7 Å². The molecule has 3 rings (SSSR count). The van der Waals surface area contributed by atoms with Crippen LogP contribution in [0.5, 0.6) is 0 Å². The number of ether oxygens (including phenoxy) is 1. The molecule has 9 heteroatoms. The molecule has 0 spiro atoms. The highest BCUT2D eigenvalue weighted by molar-refractivity contribution is 7.99. The summed E-state index contributed by atoms with van der Waals surface area (Å²) < 4.78 is 8.97. The Bertz CT molecular complexity index is 1070.